The Morgan fingerprint density at radius 1 is 1.00 bits per heavy atom. The van der Waals surface area contributed by atoms with Crippen molar-refractivity contribution in [3.63, 3.8) is 0 Å². The minimum atomic E-state index is -3.71. The Hall–Kier alpha value is -1.77. The zero-order chi connectivity index (χ0) is 22.2. The van der Waals surface area contributed by atoms with Crippen molar-refractivity contribution in [3.8, 4) is 0 Å². The largest absolute Gasteiger partial charge is 0.320 e. The van der Waals surface area contributed by atoms with E-state index >= 15 is 0 Å². The monoisotopic (exact) mass is 553 g/mol. The predicted molar refractivity (Wildman–Crippen MR) is 130 cm³/mol. The molecule has 31 heavy (non-hydrogen) atoms. The lowest BCUT2D eigenvalue weighted by Crippen LogP contribution is -2.17. The molecule has 0 spiro atoms. The van der Waals surface area contributed by atoms with Crippen LogP contribution in [0.5, 0.6) is 0 Å². The normalized spacial score (nSPS) is 14.9. The quantitative estimate of drug-likeness (QED) is 0.359. The number of rotatable bonds is 4. The molecule has 4 rings (SSSR count). The lowest BCUT2D eigenvalue weighted by Gasteiger charge is -2.19. The second kappa shape index (κ2) is 9.00. The number of fused-ring (bicyclic) bond motifs is 1. The zero-order valence-electron chi connectivity index (χ0n) is 15.7. The van der Waals surface area contributed by atoms with E-state index in [2.05, 4.69) is 21.2 Å². The zero-order valence-corrected chi connectivity index (χ0v) is 20.5. The molecule has 0 saturated heterocycles. The first-order valence-electron chi connectivity index (χ1n) is 8.99. The first-order chi connectivity index (χ1) is 14.7. The summed E-state index contributed by atoms with van der Waals surface area (Å²) in [6.45, 7) is 0. The maximum atomic E-state index is 13.0. The average Bonchev–Trinajstić information content (AvgIpc) is 2.73. The molecule has 0 bridgehead atoms. The van der Waals surface area contributed by atoms with Crippen molar-refractivity contribution < 1.29 is 13.2 Å². The Labute approximate surface area is 202 Å². The van der Waals surface area contributed by atoms with Crippen molar-refractivity contribution in [2.75, 3.05) is 5.32 Å². The van der Waals surface area contributed by atoms with Gasteiger partial charge in [-0.1, -0.05) is 69.1 Å². The van der Waals surface area contributed by atoms with E-state index in [9.17, 15) is 13.2 Å². The standard InChI is InChI=1S/C22H14BrCl2NO3S2/c23-14-6-4-13(5-7-14)10-21-22(27)26-19-9-8-15(11-20(19)30-21)31(28,29)12-16-17(24)2-1-3-18(16)25/h1-11H,12H2,(H,26,27)/b21-10-. The number of benzene rings is 3. The van der Waals surface area contributed by atoms with E-state index in [4.69, 9.17) is 23.2 Å². The van der Waals surface area contributed by atoms with Crippen LogP contribution in [0.15, 0.2) is 79.8 Å². The van der Waals surface area contributed by atoms with E-state index in [0.717, 1.165) is 10.0 Å². The predicted octanol–water partition coefficient (Wildman–Crippen LogP) is 6.82. The van der Waals surface area contributed by atoms with Gasteiger partial charge >= 0.3 is 0 Å². The molecule has 0 radical (unpaired) electrons. The molecule has 3 aromatic carbocycles. The summed E-state index contributed by atoms with van der Waals surface area (Å²) < 4.78 is 27.0. The SMILES string of the molecule is O=C1Nc2ccc(S(=O)(=O)Cc3c(Cl)cccc3Cl)cc2S/C1=C\c1ccc(Br)cc1. The topological polar surface area (TPSA) is 63.2 Å². The molecule has 1 aliphatic heterocycles. The molecule has 1 amide bonds. The number of anilines is 1. The van der Waals surface area contributed by atoms with Gasteiger partial charge < -0.3 is 5.32 Å². The highest BCUT2D eigenvalue weighted by Crippen LogP contribution is 2.40. The molecule has 1 aliphatic rings. The fraction of sp³-hybridized carbons (Fsp3) is 0.0455. The highest BCUT2D eigenvalue weighted by atomic mass is 79.9. The maximum absolute atomic E-state index is 13.0. The molecule has 0 saturated carbocycles. The van der Waals surface area contributed by atoms with Gasteiger partial charge in [0.2, 0.25) is 0 Å². The van der Waals surface area contributed by atoms with Crippen molar-refractivity contribution >= 4 is 78.4 Å². The van der Waals surface area contributed by atoms with Gasteiger partial charge in [-0.25, -0.2) is 8.42 Å². The van der Waals surface area contributed by atoms with Crippen molar-refractivity contribution in [2.24, 2.45) is 0 Å². The van der Waals surface area contributed by atoms with Crippen molar-refractivity contribution in [3.05, 3.63) is 91.2 Å². The van der Waals surface area contributed by atoms with Gasteiger partial charge in [0.15, 0.2) is 9.84 Å². The molecular formula is C22H14BrCl2NO3S2. The van der Waals surface area contributed by atoms with Crippen LogP contribution < -0.4 is 5.32 Å². The minimum Gasteiger partial charge on any atom is -0.320 e. The summed E-state index contributed by atoms with van der Waals surface area (Å²) in [6, 6.07) is 17.1. The van der Waals surface area contributed by atoms with Crippen LogP contribution >= 0.6 is 50.9 Å². The van der Waals surface area contributed by atoms with E-state index < -0.39 is 9.84 Å². The van der Waals surface area contributed by atoms with Crippen LogP contribution in [0.3, 0.4) is 0 Å². The third-order valence-electron chi connectivity index (χ3n) is 4.57. The van der Waals surface area contributed by atoms with Gasteiger partial charge in [0, 0.05) is 25.0 Å². The number of carbonyl (C=O) groups is 1. The number of halogens is 3. The average molecular weight is 555 g/mol. The third kappa shape index (κ3) is 5.02. The molecule has 158 valence electrons. The van der Waals surface area contributed by atoms with E-state index in [-0.39, 0.29) is 16.6 Å². The molecular weight excluding hydrogens is 541 g/mol. The van der Waals surface area contributed by atoms with E-state index in [0.29, 0.717) is 31.1 Å². The van der Waals surface area contributed by atoms with Gasteiger partial charge in [-0.05, 0) is 54.1 Å². The Morgan fingerprint density at radius 2 is 1.68 bits per heavy atom. The summed E-state index contributed by atoms with van der Waals surface area (Å²) in [5, 5.41) is 3.42. The van der Waals surface area contributed by atoms with Crippen LogP contribution in [0, 0.1) is 0 Å². The van der Waals surface area contributed by atoms with Crippen LogP contribution in [0.1, 0.15) is 11.1 Å². The summed E-state index contributed by atoms with van der Waals surface area (Å²) in [5.41, 5.74) is 1.79. The highest BCUT2D eigenvalue weighted by molar-refractivity contribution is 9.10. The molecule has 0 atom stereocenters. The van der Waals surface area contributed by atoms with Crippen molar-refractivity contribution in [1.29, 1.82) is 0 Å². The summed E-state index contributed by atoms with van der Waals surface area (Å²) >= 11 is 16.9. The number of thioether (sulfide) groups is 1. The smallest absolute Gasteiger partial charge is 0.262 e. The fourth-order valence-electron chi connectivity index (χ4n) is 2.98. The third-order valence-corrected chi connectivity index (χ3v) is 8.53. The fourth-order valence-corrected chi connectivity index (χ4v) is 6.43. The van der Waals surface area contributed by atoms with Crippen molar-refractivity contribution in [1.82, 2.24) is 0 Å². The van der Waals surface area contributed by atoms with E-state index in [1.54, 1.807) is 36.4 Å². The summed E-state index contributed by atoms with van der Waals surface area (Å²) in [5.74, 6) is -0.554. The van der Waals surface area contributed by atoms with Crippen LogP contribution in [-0.2, 0) is 20.4 Å². The summed E-state index contributed by atoms with van der Waals surface area (Å²) in [7, 11) is -3.71. The molecule has 0 unspecified atom stereocenters. The van der Waals surface area contributed by atoms with Crippen LogP contribution in [0.4, 0.5) is 5.69 Å². The molecule has 4 nitrogen and oxygen atoms in total. The summed E-state index contributed by atoms with van der Waals surface area (Å²) in [6.07, 6.45) is 1.76. The molecule has 9 heteroatoms. The first kappa shape index (κ1) is 22.4. The number of hydrogen-bond acceptors (Lipinski definition) is 4. The summed E-state index contributed by atoms with van der Waals surface area (Å²) in [4.78, 5) is 13.7. The van der Waals surface area contributed by atoms with Crippen LogP contribution in [0.25, 0.3) is 6.08 Å². The number of hydrogen-bond donors (Lipinski definition) is 1. The highest BCUT2D eigenvalue weighted by Gasteiger charge is 2.25. The maximum Gasteiger partial charge on any atom is 0.262 e. The second-order valence-corrected chi connectivity index (χ2v) is 11.5. The molecule has 0 aromatic heterocycles. The van der Waals surface area contributed by atoms with Gasteiger partial charge in [-0.3, -0.25) is 4.79 Å². The van der Waals surface area contributed by atoms with Gasteiger partial charge in [-0.15, -0.1) is 0 Å². The van der Waals surface area contributed by atoms with E-state index in [1.807, 2.05) is 24.3 Å². The van der Waals surface area contributed by atoms with Gasteiger partial charge in [-0.2, -0.15) is 0 Å². The van der Waals surface area contributed by atoms with Gasteiger partial charge in [0.25, 0.3) is 5.91 Å². The lowest BCUT2D eigenvalue weighted by molar-refractivity contribution is -0.112. The molecule has 1 heterocycles. The van der Waals surface area contributed by atoms with Crippen molar-refractivity contribution in [2.45, 2.75) is 15.5 Å². The molecule has 3 aromatic rings. The van der Waals surface area contributed by atoms with Crippen LogP contribution in [-0.4, -0.2) is 14.3 Å². The van der Waals surface area contributed by atoms with Gasteiger partial charge in [0.1, 0.15) is 0 Å². The molecule has 1 N–H and O–H groups in total. The molecule has 0 fully saturated rings. The Morgan fingerprint density at radius 3 is 2.35 bits per heavy atom. The number of carbonyl (C=O) groups excluding carboxylic acids is 1. The molecule has 0 aliphatic carbocycles. The first-order valence-corrected chi connectivity index (χ1v) is 13.0. The minimum absolute atomic E-state index is 0.133. The second-order valence-electron chi connectivity index (χ2n) is 6.73. The Bertz CT molecular complexity index is 1300. The number of sulfone groups is 1. The number of amides is 1. The Kier molecular flexibility index (Phi) is 6.51. The van der Waals surface area contributed by atoms with Crippen LogP contribution in [0.2, 0.25) is 10.0 Å². The van der Waals surface area contributed by atoms with E-state index in [1.165, 1.54) is 17.8 Å². The number of nitrogens with one attached hydrogen (secondary N) is 1. The lowest BCUT2D eigenvalue weighted by atomic mass is 10.2. The Balaban J connectivity index is 1.65. The van der Waals surface area contributed by atoms with Gasteiger partial charge in [0.05, 0.1) is 21.2 Å².